The molecule has 3 aromatic heterocycles. The maximum atomic E-state index is 12.6. The van der Waals surface area contributed by atoms with Crippen molar-refractivity contribution in [1.82, 2.24) is 19.9 Å². The quantitative estimate of drug-likeness (QED) is 0.541. The number of thiazole rings is 1. The van der Waals surface area contributed by atoms with E-state index in [4.69, 9.17) is 10.5 Å². The molecule has 0 fully saturated rings. The van der Waals surface area contributed by atoms with E-state index in [1.807, 2.05) is 6.92 Å². The number of nitrogens with two attached hydrogens (primary N) is 1. The molecule has 10 heteroatoms. The molecule has 0 aliphatic rings. The monoisotopic (exact) mass is 389 g/mol. The SMILES string of the molecule is Cc1ncsc1COc1ccn2nc(C)c(C(=O)N[C@@H](CO)C(N)=O)c2c1. The molecular weight excluding hydrogens is 370 g/mol. The molecule has 0 bridgehead atoms. The van der Waals surface area contributed by atoms with Crippen LogP contribution in [0, 0.1) is 13.8 Å². The average molecular weight is 389 g/mol. The van der Waals surface area contributed by atoms with Gasteiger partial charge in [-0.05, 0) is 19.9 Å². The minimum Gasteiger partial charge on any atom is -0.488 e. The maximum absolute atomic E-state index is 12.6. The standard InChI is InChI=1S/C17H19N5O4S/c1-9-14(27-8-19-9)7-26-11-3-4-22-13(5-11)15(10(2)21-22)17(25)20-12(6-23)16(18)24/h3-5,8,12,23H,6-7H2,1-2H3,(H2,18,24)(H,20,25)/t12-/m0/s1. The van der Waals surface area contributed by atoms with Gasteiger partial charge >= 0.3 is 0 Å². The zero-order valence-corrected chi connectivity index (χ0v) is 15.6. The molecule has 4 N–H and O–H groups in total. The number of hydrogen-bond donors (Lipinski definition) is 3. The summed E-state index contributed by atoms with van der Waals surface area (Å²) in [5, 5.41) is 15.9. The van der Waals surface area contributed by atoms with Crippen molar-refractivity contribution < 1.29 is 19.4 Å². The molecule has 0 aliphatic heterocycles. The summed E-state index contributed by atoms with van der Waals surface area (Å²) in [5.74, 6) is -0.794. The third-order valence-corrected chi connectivity index (χ3v) is 4.96. The van der Waals surface area contributed by atoms with E-state index in [1.165, 1.54) is 11.3 Å². The second-order valence-corrected chi connectivity index (χ2v) is 6.85. The van der Waals surface area contributed by atoms with Gasteiger partial charge in [-0.2, -0.15) is 5.10 Å². The number of primary amides is 1. The number of aliphatic hydroxyl groups is 1. The lowest BCUT2D eigenvalue weighted by molar-refractivity contribution is -0.120. The second-order valence-electron chi connectivity index (χ2n) is 5.91. The van der Waals surface area contributed by atoms with Gasteiger partial charge in [0.1, 0.15) is 18.4 Å². The largest absolute Gasteiger partial charge is 0.488 e. The van der Waals surface area contributed by atoms with Crippen molar-refractivity contribution in [1.29, 1.82) is 0 Å². The molecule has 9 nitrogen and oxygen atoms in total. The Bertz CT molecular complexity index is 997. The highest BCUT2D eigenvalue weighted by Gasteiger charge is 2.23. The normalized spacial score (nSPS) is 12.1. The summed E-state index contributed by atoms with van der Waals surface area (Å²) in [6.45, 7) is 3.39. The predicted molar refractivity (Wildman–Crippen MR) is 98.6 cm³/mol. The lowest BCUT2D eigenvalue weighted by Crippen LogP contribution is -2.46. The molecule has 2 amide bonds. The number of nitrogens with zero attached hydrogens (tertiary/aromatic N) is 3. The first kappa shape index (κ1) is 18.8. The number of amides is 2. The fourth-order valence-corrected chi connectivity index (χ4v) is 3.25. The lowest BCUT2D eigenvalue weighted by atomic mass is 10.1. The number of aliphatic hydroxyl groups excluding tert-OH is 1. The Kier molecular flexibility index (Phi) is 5.38. The number of aryl methyl sites for hydroxylation is 2. The highest BCUT2D eigenvalue weighted by molar-refractivity contribution is 7.09. The van der Waals surface area contributed by atoms with Crippen molar-refractivity contribution in [2.75, 3.05) is 6.61 Å². The summed E-state index contributed by atoms with van der Waals surface area (Å²) < 4.78 is 7.36. The van der Waals surface area contributed by atoms with E-state index in [-0.39, 0.29) is 5.56 Å². The average Bonchev–Trinajstić information content (AvgIpc) is 3.18. The Morgan fingerprint density at radius 1 is 1.41 bits per heavy atom. The third-order valence-electron chi connectivity index (χ3n) is 4.05. The molecule has 0 unspecified atom stereocenters. The van der Waals surface area contributed by atoms with Gasteiger partial charge in [-0.1, -0.05) is 0 Å². The van der Waals surface area contributed by atoms with Crippen LogP contribution in [0.15, 0.2) is 23.8 Å². The van der Waals surface area contributed by atoms with E-state index in [1.54, 1.807) is 35.3 Å². The highest BCUT2D eigenvalue weighted by Crippen LogP contribution is 2.22. The number of carbonyl (C=O) groups is 2. The van der Waals surface area contributed by atoms with E-state index >= 15 is 0 Å². The molecule has 27 heavy (non-hydrogen) atoms. The molecule has 3 aromatic rings. The number of pyridine rings is 1. The first-order chi connectivity index (χ1) is 12.9. The van der Waals surface area contributed by atoms with Crippen LogP contribution in [-0.2, 0) is 11.4 Å². The van der Waals surface area contributed by atoms with Crippen molar-refractivity contribution in [2.24, 2.45) is 5.73 Å². The number of aromatic nitrogens is 3. The lowest BCUT2D eigenvalue weighted by Gasteiger charge is -2.12. The Morgan fingerprint density at radius 2 is 2.19 bits per heavy atom. The fraction of sp³-hybridized carbons (Fsp3) is 0.294. The van der Waals surface area contributed by atoms with Gasteiger partial charge in [-0.3, -0.25) is 9.59 Å². The Morgan fingerprint density at radius 3 is 2.81 bits per heavy atom. The molecular formula is C17H19N5O4S. The van der Waals surface area contributed by atoms with Crippen LogP contribution in [0.4, 0.5) is 0 Å². The topological polar surface area (TPSA) is 132 Å². The summed E-state index contributed by atoms with van der Waals surface area (Å²) in [6.07, 6.45) is 1.69. The van der Waals surface area contributed by atoms with Gasteiger partial charge in [0.15, 0.2) is 0 Å². The van der Waals surface area contributed by atoms with Crippen LogP contribution in [0.3, 0.4) is 0 Å². The molecule has 0 radical (unpaired) electrons. The number of carbonyl (C=O) groups excluding carboxylic acids is 2. The van der Waals surface area contributed by atoms with Gasteiger partial charge in [0.05, 0.1) is 39.5 Å². The van der Waals surface area contributed by atoms with Crippen molar-refractivity contribution in [3.05, 3.63) is 45.7 Å². The summed E-state index contributed by atoms with van der Waals surface area (Å²) in [4.78, 5) is 29.1. The maximum Gasteiger partial charge on any atom is 0.256 e. The van der Waals surface area contributed by atoms with Crippen molar-refractivity contribution >= 4 is 28.7 Å². The summed E-state index contributed by atoms with van der Waals surface area (Å²) in [7, 11) is 0. The fourth-order valence-electron chi connectivity index (χ4n) is 2.57. The van der Waals surface area contributed by atoms with Crippen LogP contribution in [0.25, 0.3) is 5.52 Å². The van der Waals surface area contributed by atoms with E-state index < -0.39 is 24.5 Å². The number of rotatable bonds is 7. The molecule has 0 aliphatic carbocycles. The van der Waals surface area contributed by atoms with Gasteiger partial charge in [-0.25, -0.2) is 9.50 Å². The molecule has 3 heterocycles. The number of ether oxygens (including phenoxy) is 1. The van der Waals surface area contributed by atoms with Gasteiger partial charge in [0.25, 0.3) is 5.91 Å². The Balaban J connectivity index is 1.87. The number of fused-ring (bicyclic) bond motifs is 1. The van der Waals surface area contributed by atoms with Crippen LogP contribution < -0.4 is 15.8 Å². The summed E-state index contributed by atoms with van der Waals surface area (Å²) in [5.41, 5.74) is 9.12. The molecule has 0 saturated heterocycles. The Labute approximate surface area is 158 Å². The van der Waals surface area contributed by atoms with Gasteiger partial charge in [0.2, 0.25) is 5.91 Å². The third kappa shape index (κ3) is 3.91. The van der Waals surface area contributed by atoms with Crippen LogP contribution in [-0.4, -0.2) is 44.2 Å². The van der Waals surface area contributed by atoms with E-state index in [2.05, 4.69) is 15.4 Å². The van der Waals surface area contributed by atoms with Crippen molar-refractivity contribution in [3.8, 4) is 5.75 Å². The molecule has 3 rings (SSSR count). The van der Waals surface area contributed by atoms with E-state index in [0.717, 1.165) is 10.6 Å². The van der Waals surface area contributed by atoms with Crippen LogP contribution in [0.1, 0.15) is 26.6 Å². The number of hydrogen-bond acceptors (Lipinski definition) is 7. The van der Waals surface area contributed by atoms with E-state index in [0.29, 0.717) is 23.6 Å². The molecule has 0 aromatic carbocycles. The first-order valence-corrected chi connectivity index (χ1v) is 9.00. The Hall–Kier alpha value is -2.98. The summed E-state index contributed by atoms with van der Waals surface area (Å²) in [6, 6.07) is 2.28. The molecule has 0 saturated carbocycles. The van der Waals surface area contributed by atoms with Crippen LogP contribution >= 0.6 is 11.3 Å². The molecule has 1 atom stereocenters. The van der Waals surface area contributed by atoms with Crippen molar-refractivity contribution in [3.63, 3.8) is 0 Å². The smallest absolute Gasteiger partial charge is 0.256 e. The van der Waals surface area contributed by atoms with Crippen LogP contribution in [0.5, 0.6) is 5.75 Å². The van der Waals surface area contributed by atoms with Crippen LogP contribution in [0.2, 0.25) is 0 Å². The van der Waals surface area contributed by atoms with E-state index in [9.17, 15) is 14.7 Å². The second kappa shape index (κ2) is 7.72. The zero-order chi connectivity index (χ0) is 19.6. The predicted octanol–water partition coefficient (Wildman–Crippen LogP) is 0.563. The zero-order valence-electron chi connectivity index (χ0n) is 14.8. The van der Waals surface area contributed by atoms with Crippen molar-refractivity contribution in [2.45, 2.75) is 26.5 Å². The van der Waals surface area contributed by atoms with Gasteiger partial charge in [0, 0.05) is 12.3 Å². The molecule has 142 valence electrons. The molecule has 0 spiro atoms. The van der Waals surface area contributed by atoms with Gasteiger partial charge < -0.3 is 20.9 Å². The highest BCUT2D eigenvalue weighted by atomic mass is 32.1. The number of nitrogens with one attached hydrogen (secondary N) is 1. The first-order valence-electron chi connectivity index (χ1n) is 8.12. The minimum atomic E-state index is -1.17. The van der Waals surface area contributed by atoms with Gasteiger partial charge in [-0.15, -0.1) is 11.3 Å². The minimum absolute atomic E-state index is 0.286. The summed E-state index contributed by atoms with van der Waals surface area (Å²) >= 11 is 1.51.